The van der Waals surface area contributed by atoms with Crippen LogP contribution in [0.3, 0.4) is 0 Å². The van der Waals surface area contributed by atoms with E-state index in [-0.39, 0.29) is 17.7 Å². The van der Waals surface area contributed by atoms with Crippen LogP contribution in [0.4, 0.5) is 0 Å². The minimum absolute atomic E-state index is 0.235. The van der Waals surface area contributed by atoms with Gasteiger partial charge < -0.3 is 14.4 Å². The van der Waals surface area contributed by atoms with Gasteiger partial charge in [-0.05, 0) is 51.7 Å². The molecule has 0 aliphatic heterocycles. The van der Waals surface area contributed by atoms with E-state index in [0.717, 1.165) is 11.1 Å². The summed E-state index contributed by atoms with van der Waals surface area (Å²) in [5.41, 5.74) is 2.44. The van der Waals surface area contributed by atoms with Crippen molar-refractivity contribution in [1.29, 1.82) is 0 Å². The van der Waals surface area contributed by atoms with Gasteiger partial charge >= 0.3 is 5.97 Å². The maximum absolute atomic E-state index is 12.7. The van der Waals surface area contributed by atoms with Gasteiger partial charge in [-0.2, -0.15) is 0 Å². The summed E-state index contributed by atoms with van der Waals surface area (Å²) in [4.78, 5) is 23.9. The Labute approximate surface area is 165 Å². The third-order valence-corrected chi connectivity index (χ3v) is 5.06. The number of pyridine rings is 1. The second kappa shape index (κ2) is 8.22. The van der Waals surface area contributed by atoms with Crippen molar-refractivity contribution in [3.8, 4) is 5.75 Å². The molecule has 0 atom stereocenters. The third-order valence-electron chi connectivity index (χ3n) is 4.33. The van der Waals surface area contributed by atoms with Crippen LogP contribution in [-0.2, 0) is 13.2 Å². The Kier molecular flexibility index (Phi) is 5.76. The first kappa shape index (κ1) is 18.9. The molecule has 1 aromatic heterocycles. The fraction of sp³-hybridized carbons (Fsp3) is 0.143. The molecule has 0 aliphatic carbocycles. The van der Waals surface area contributed by atoms with Crippen molar-refractivity contribution >= 4 is 21.9 Å². The molecule has 27 heavy (non-hydrogen) atoms. The molecule has 3 rings (SSSR count). The van der Waals surface area contributed by atoms with Gasteiger partial charge in [0.15, 0.2) is 0 Å². The highest BCUT2D eigenvalue weighted by atomic mass is 79.9. The average molecular weight is 428 g/mol. The Morgan fingerprint density at radius 3 is 2.56 bits per heavy atom. The number of ether oxygens (including phenoxy) is 1. The quantitative estimate of drug-likeness (QED) is 0.638. The molecule has 0 saturated heterocycles. The summed E-state index contributed by atoms with van der Waals surface area (Å²) >= 11 is 3.32. The van der Waals surface area contributed by atoms with Crippen LogP contribution in [-0.4, -0.2) is 15.6 Å². The lowest BCUT2D eigenvalue weighted by Gasteiger charge is -2.13. The molecule has 2 aromatic carbocycles. The summed E-state index contributed by atoms with van der Waals surface area (Å²) in [6.45, 7) is 2.39. The van der Waals surface area contributed by atoms with Crippen molar-refractivity contribution in [2.45, 2.75) is 20.1 Å². The second-order valence-corrected chi connectivity index (χ2v) is 6.89. The summed E-state index contributed by atoms with van der Waals surface area (Å²) < 4.78 is 7.61. The number of carbonyl (C=O) groups is 1. The zero-order chi connectivity index (χ0) is 19.4. The molecule has 3 aromatic rings. The van der Waals surface area contributed by atoms with Crippen LogP contribution in [0.5, 0.6) is 5.75 Å². The maximum atomic E-state index is 12.7. The highest BCUT2D eigenvalue weighted by molar-refractivity contribution is 9.10. The van der Waals surface area contributed by atoms with Crippen LogP contribution in [0.1, 0.15) is 27.0 Å². The molecular weight excluding hydrogens is 410 g/mol. The first-order chi connectivity index (χ1) is 13.0. The molecule has 0 saturated carbocycles. The van der Waals surface area contributed by atoms with Gasteiger partial charge in [0.1, 0.15) is 16.8 Å². The normalized spacial score (nSPS) is 10.6. The largest absolute Gasteiger partial charge is 0.487 e. The first-order valence-corrected chi connectivity index (χ1v) is 9.14. The lowest BCUT2D eigenvalue weighted by Crippen LogP contribution is -2.22. The van der Waals surface area contributed by atoms with Gasteiger partial charge in [-0.3, -0.25) is 4.79 Å². The Morgan fingerprint density at radius 2 is 1.85 bits per heavy atom. The van der Waals surface area contributed by atoms with Gasteiger partial charge in [0.05, 0.1) is 12.1 Å². The van der Waals surface area contributed by atoms with Crippen LogP contribution >= 0.6 is 15.9 Å². The van der Waals surface area contributed by atoms with E-state index in [1.165, 1.54) is 4.57 Å². The molecular formula is C21H18BrNO4. The maximum Gasteiger partial charge on any atom is 0.335 e. The number of aromatic carboxylic acids is 1. The topological polar surface area (TPSA) is 68.5 Å². The van der Waals surface area contributed by atoms with E-state index >= 15 is 0 Å². The monoisotopic (exact) mass is 427 g/mol. The Hall–Kier alpha value is -2.86. The number of carboxylic acids is 1. The Bertz CT molecular complexity index is 1030. The van der Waals surface area contributed by atoms with Crippen molar-refractivity contribution in [3.63, 3.8) is 0 Å². The number of carboxylic acid groups (broad SMARTS) is 1. The molecule has 0 spiro atoms. The van der Waals surface area contributed by atoms with Crippen molar-refractivity contribution in [1.82, 2.24) is 4.57 Å². The predicted molar refractivity (Wildman–Crippen MR) is 106 cm³/mol. The standard InChI is InChI=1S/C21H18BrNO4/c1-14-16(8-5-9-17(14)21(25)26)12-23-11-10-18(19(22)20(23)24)27-13-15-6-3-2-4-7-15/h2-11H,12-13H2,1H3,(H,25,26). The smallest absolute Gasteiger partial charge is 0.335 e. The summed E-state index contributed by atoms with van der Waals surface area (Å²) in [6, 6.07) is 16.5. The molecule has 1 N–H and O–H groups in total. The number of halogens is 1. The van der Waals surface area contributed by atoms with Crippen LogP contribution in [0, 0.1) is 6.92 Å². The van der Waals surface area contributed by atoms with Crippen molar-refractivity contribution in [2.24, 2.45) is 0 Å². The van der Waals surface area contributed by atoms with E-state index in [4.69, 9.17) is 4.74 Å². The molecule has 5 nitrogen and oxygen atoms in total. The fourth-order valence-electron chi connectivity index (χ4n) is 2.77. The van der Waals surface area contributed by atoms with E-state index in [0.29, 0.717) is 22.4 Å². The highest BCUT2D eigenvalue weighted by Crippen LogP contribution is 2.22. The molecule has 6 heteroatoms. The highest BCUT2D eigenvalue weighted by Gasteiger charge is 2.13. The van der Waals surface area contributed by atoms with Crippen LogP contribution in [0.15, 0.2) is 70.1 Å². The SMILES string of the molecule is Cc1c(Cn2ccc(OCc3ccccc3)c(Br)c2=O)cccc1C(=O)O. The molecule has 0 unspecified atom stereocenters. The summed E-state index contributed by atoms with van der Waals surface area (Å²) in [5, 5.41) is 9.25. The number of hydrogen-bond donors (Lipinski definition) is 1. The molecule has 0 radical (unpaired) electrons. The van der Waals surface area contributed by atoms with Crippen LogP contribution in [0.25, 0.3) is 0 Å². The summed E-state index contributed by atoms with van der Waals surface area (Å²) in [6.07, 6.45) is 1.65. The number of rotatable bonds is 6. The van der Waals surface area contributed by atoms with Crippen LogP contribution in [0.2, 0.25) is 0 Å². The lowest BCUT2D eigenvalue weighted by molar-refractivity contribution is 0.0696. The van der Waals surface area contributed by atoms with E-state index < -0.39 is 5.97 Å². The molecule has 0 aliphatic rings. The van der Waals surface area contributed by atoms with Gasteiger partial charge in [-0.1, -0.05) is 42.5 Å². The van der Waals surface area contributed by atoms with E-state index in [2.05, 4.69) is 15.9 Å². The van der Waals surface area contributed by atoms with Gasteiger partial charge in [0.2, 0.25) is 0 Å². The zero-order valence-corrected chi connectivity index (χ0v) is 16.3. The van der Waals surface area contributed by atoms with E-state index in [1.807, 2.05) is 36.4 Å². The average Bonchev–Trinajstić information content (AvgIpc) is 2.67. The van der Waals surface area contributed by atoms with Crippen LogP contribution < -0.4 is 10.3 Å². The lowest BCUT2D eigenvalue weighted by atomic mass is 10.0. The number of aromatic nitrogens is 1. The van der Waals surface area contributed by atoms with Gasteiger partial charge in [-0.15, -0.1) is 0 Å². The van der Waals surface area contributed by atoms with Gasteiger partial charge in [0, 0.05) is 6.20 Å². The molecule has 0 amide bonds. The molecule has 0 bridgehead atoms. The zero-order valence-electron chi connectivity index (χ0n) is 14.7. The van der Waals surface area contributed by atoms with E-state index in [9.17, 15) is 14.7 Å². The van der Waals surface area contributed by atoms with Crippen molar-refractivity contribution < 1.29 is 14.6 Å². The fourth-order valence-corrected chi connectivity index (χ4v) is 3.25. The van der Waals surface area contributed by atoms with Gasteiger partial charge in [0.25, 0.3) is 5.56 Å². The summed E-state index contributed by atoms with van der Waals surface area (Å²) in [5.74, 6) is -0.511. The number of nitrogens with zero attached hydrogens (tertiary/aromatic N) is 1. The minimum Gasteiger partial charge on any atom is -0.487 e. The van der Waals surface area contributed by atoms with Crippen molar-refractivity contribution in [2.75, 3.05) is 0 Å². The van der Waals surface area contributed by atoms with Gasteiger partial charge in [-0.25, -0.2) is 4.79 Å². The second-order valence-electron chi connectivity index (χ2n) is 6.10. The van der Waals surface area contributed by atoms with E-state index in [1.54, 1.807) is 31.3 Å². The third kappa shape index (κ3) is 4.28. The molecule has 0 fully saturated rings. The molecule has 138 valence electrons. The first-order valence-electron chi connectivity index (χ1n) is 8.35. The Balaban J connectivity index is 1.82. The predicted octanol–water partition coefficient (Wildman–Crippen LogP) is 4.24. The Morgan fingerprint density at radius 1 is 1.11 bits per heavy atom. The summed E-state index contributed by atoms with van der Waals surface area (Å²) in [7, 11) is 0. The minimum atomic E-state index is -0.979. The molecule has 1 heterocycles. The number of benzene rings is 2. The van der Waals surface area contributed by atoms with Crippen molar-refractivity contribution in [3.05, 3.63) is 97.9 Å². The number of hydrogen-bond acceptors (Lipinski definition) is 3.